The van der Waals surface area contributed by atoms with Gasteiger partial charge in [-0.1, -0.05) is 0 Å². The van der Waals surface area contributed by atoms with Crippen LogP contribution in [0.25, 0.3) is 0 Å². The van der Waals surface area contributed by atoms with Gasteiger partial charge in [0.05, 0.1) is 0 Å². The van der Waals surface area contributed by atoms with Gasteiger partial charge < -0.3 is 15.3 Å². The standard InChI is InChI=1S/C2H6O.2CH4O/c1-2-3;2*1-2/h3H,2H2,1H3;2*2H,1H3. The van der Waals surface area contributed by atoms with Gasteiger partial charge in [-0.05, 0) is 6.92 Å². The van der Waals surface area contributed by atoms with Gasteiger partial charge in [0.15, 0.2) is 0 Å². The second kappa shape index (κ2) is 181. The van der Waals surface area contributed by atoms with E-state index in [1.807, 2.05) is 0 Å². The molecule has 3 N–H and O–H groups in total. The second-order valence-corrected chi connectivity index (χ2v) is 0.316. The third-order valence-corrected chi connectivity index (χ3v) is 0. The molecule has 0 rings (SSSR count). The summed E-state index contributed by atoms with van der Waals surface area (Å²) in [5, 5.41) is 21.6. The Balaban J connectivity index is -0.0000000360. The lowest BCUT2D eigenvalue weighted by Crippen LogP contribution is -1.57. The van der Waals surface area contributed by atoms with Gasteiger partial charge in [0.2, 0.25) is 0 Å². The van der Waals surface area contributed by atoms with Crippen molar-refractivity contribution < 1.29 is 15.3 Å². The molecule has 3 nitrogen and oxygen atoms in total. The molecule has 0 aliphatic heterocycles. The largest absolute Gasteiger partial charge is 0.400 e. The van der Waals surface area contributed by atoms with Crippen molar-refractivity contribution in [1.29, 1.82) is 0 Å². The van der Waals surface area contributed by atoms with Crippen molar-refractivity contribution in [2.45, 2.75) is 6.92 Å². The molecule has 0 aromatic carbocycles. The smallest absolute Gasteiger partial charge is 0.0402 e. The first kappa shape index (κ1) is 15.8. The van der Waals surface area contributed by atoms with E-state index in [-0.39, 0.29) is 6.61 Å². The normalized spacial score (nSPS) is 4.29. The van der Waals surface area contributed by atoms with Gasteiger partial charge in [-0.2, -0.15) is 0 Å². The lowest BCUT2D eigenvalue weighted by molar-refractivity contribution is 0.318. The summed E-state index contributed by atoms with van der Waals surface area (Å²) < 4.78 is 0. The van der Waals surface area contributed by atoms with Crippen LogP contribution in [0, 0.1) is 0 Å². The highest BCUT2D eigenvalue weighted by Gasteiger charge is 1.34. The zero-order valence-electron chi connectivity index (χ0n) is 5.05. The third kappa shape index (κ3) is 6150. The molecule has 0 saturated heterocycles. The lowest BCUT2D eigenvalue weighted by atomic mass is 10.9. The van der Waals surface area contributed by atoms with E-state index in [0.29, 0.717) is 0 Å². The van der Waals surface area contributed by atoms with Gasteiger partial charge in [-0.15, -0.1) is 0 Å². The molecule has 0 radical (unpaired) electrons. The number of aliphatic hydroxyl groups is 3. The van der Waals surface area contributed by atoms with E-state index in [2.05, 4.69) is 0 Å². The van der Waals surface area contributed by atoms with Crippen molar-refractivity contribution in [1.82, 2.24) is 0 Å². The Morgan fingerprint density at radius 2 is 1.00 bits per heavy atom. The summed E-state index contributed by atoms with van der Waals surface area (Å²) >= 11 is 0. The van der Waals surface area contributed by atoms with Gasteiger partial charge in [-0.3, -0.25) is 0 Å². The Kier molecular flexibility index (Phi) is 408. The SMILES string of the molecule is CCO.CO.CO. The van der Waals surface area contributed by atoms with Crippen LogP contribution in [0.15, 0.2) is 0 Å². The molecule has 0 aliphatic carbocycles. The van der Waals surface area contributed by atoms with Crippen molar-refractivity contribution in [3.05, 3.63) is 0 Å². The molecule has 0 saturated carbocycles. The fourth-order valence-corrected chi connectivity index (χ4v) is 0. The van der Waals surface area contributed by atoms with Crippen LogP contribution in [0.2, 0.25) is 0 Å². The number of hydrogen-bond donors (Lipinski definition) is 3. The van der Waals surface area contributed by atoms with Crippen LogP contribution in [0.4, 0.5) is 0 Å². The molecule has 0 aliphatic rings. The van der Waals surface area contributed by atoms with E-state index < -0.39 is 0 Å². The van der Waals surface area contributed by atoms with Crippen molar-refractivity contribution >= 4 is 0 Å². The zero-order valence-corrected chi connectivity index (χ0v) is 5.05. The topological polar surface area (TPSA) is 60.7 Å². The summed E-state index contributed by atoms with van der Waals surface area (Å²) in [4.78, 5) is 0. The monoisotopic (exact) mass is 110 g/mol. The number of aliphatic hydroxyl groups excluding tert-OH is 3. The maximum absolute atomic E-state index is 7.57. The Labute approximate surface area is 44.2 Å². The first-order valence-electron chi connectivity index (χ1n) is 1.92. The summed E-state index contributed by atoms with van der Waals surface area (Å²) in [7, 11) is 2.00. The third-order valence-electron chi connectivity index (χ3n) is 0. The van der Waals surface area contributed by atoms with Gasteiger partial charge in [-0.25, -0.2) is 0 Å². The van der Waals surface area contributed by atoms with Gasteiger partial charge >= 0.3 is 0 Å². The molecule has 0 spiro atoms. The summed E-state index contributed by atoms with van der Waals surface area (Å²) in [6.07, 6.45) is 0. The highest BCUT2D eigenvalue weighted by atomic mass is 16.2. The lowest BCUT2D eigenvalue weighted by Gasteiger charge is -1.52. The first-order chi connectivity index (χ1) is 3.41. The summed E-state index contributed by atoms with van der Waals surface area (Å²) in [6.45, 7) is 1.93. The molecule has 0 bridgehead atoms. The van der Waals surface area contributed by atoms with Gasteiger partial charge in [0, 0.05) is 20.8 Å². The molecule has 0 unspecified atom stereocenters. The van der Waals surface area contributed by atoms with Crippen LogP contribution in [-0.4, -0.2) is 36.1 Å². The van der Waals surface area contributed by atoms with E-state index in [4.69, 9.17) is 15.3 Å². The molecule has 3 heteroatoms. The highest BCUT2D eigenvalue weighted by molar-refractivity contribution is 3.84. The molecule has 7 heavy (non-hydrogen) atoms. The summed E-state index contributed by atoms with van der Waals surface area (Å²) in [6, 6.07) is 0. The van der Waals surface area contributed by atoms with E-state index in [0.717, 1.165) is 14.2 Å². The maximum atomic E-state index is 7.57. The molecule has 0 aromatic heterocycles. The summed E-state index contributed by atoms with van der Waals surface area (Å²) in [5.74, 6) is 0. The van der Waals surface area contributed by atoms with Crippen LogP contribution in [0.1, 0.15) is 6.92 Å². The second-order valence-electron chi connectivity index (χ2n) is 0.316. The molecule has 0 amide bonds. The van der Waals surface area contributed by atoms with E-state index in [1.165, 1.54) is 0 Å². The first-order valence-corrected chi connectivity index (χ1v) is 1.92. The number of rotatable bonds is 0. The predicted octanol–water partition coefficient (Wildman–Crippen LogP) is -0.784. The van der Waals surface area contributed by atoms with Crippen LogP contribution in [-0.2, 0) is 0 Å². The quantitative estimate of drug-likeness (QED) is 0.383. The minimum absolute atomic E-state index is 0.250. The Morgan fingerprint density at radius 3 is 1.00 bits per heavy atom. The fraction of sp³-hybridized carbons (Fsp3) is 1.00. The van der Waals surface area contributed by atoms with E-state index in [1.54, 1.807) is 6.92 Å². The minimum atomic E-state index is 0.250. The van der Waals surface area contributed by atoms with E-state index >= 15 is 0 Å². The van der Waals surface area contributed by atoms with Crippen molar-refractivity contribution in [2.24, 2.45) is 0 Å². The maximum Gasteiger partial charge on any atom is 0.0402 e. The zero-order chi connectivity index (χ0) is 6.71. The van der Waals surface area contributed by atoms with Crippen LogP contribution in [0.5, 0.6) is 0 Å². The van der Waals surface area contributed by atoms with Crippen LogP contribution in [0.3, 0.4) is 0 Å². The van der Waals surface area contributed by atoms with Gasteiger partial charge in [0.25, 0.3) is 0 Å². The summed E-state index contributed by atoms with van der Waals surface area (Å²) in [5.41, 5.74) is 0. The fourth-order valence-electron chi connectivity index (χ4n) is 0. The molecule has 0 aromatic rings. The molecular weight excluding hydrogens is 96.0 g/mol. The van der Waals surface area contributed by atoms with Gasteiger partial charge in [0.1, 0.15) is 0 Å². The molecule has 0 heterocycles. The van der Waals surface area contributed by atoms with Crippen molar-refractivity contribution in [3.8, 4) is 0 Å². The average molecular weight is 110 g/mol. The minimum Gasteiger partial charge on any atom is -0.400 e. The van der Waals surface area contributed by atoms with Crippen molar-refractivity contribution in [2.75, 3.05) is 20.8 Å². The van der Waals surface area contributed by atoms with E-state index in [9.17, 15) is 0 Å². The Hall–Kier alpha value is -0.120. The number of hydrogen-bond acceptors (Lipinski definition) is 3. The molecular formula is C4H14O3. The molecule has 0 atom stereocenters. The van der Waals surface area contributed by atoms with Crippen molar-refractivity contribution in [3.63, 3.8) is 0 Å². The molecule has 0 fully saturated rings. The Morgan fingerprint density at radius 1 is 1.00 bits per heavy atom. The predicted molar refractivity (Wildman–Crippen MR) is 29.0 cm³/mol. The Bertz CT molecular complexity index is 6.90. The molecule has 48 valence electrons. The van der Waals surface area contributed by atoms with Crippen LogP contribution >= 0.6 is 0 Å². The van der Waals surface area contributed by atoms with Crippen LogP contribution < -0.4 is 0 Å². The average Bonchev–Trinajstić information content (AvgIpc) is 1.78. The highest BCUT2D eigenvalue weighted by Crippen LogP contribution is 1.30.